The Morgan fingerprint density at radius 1 is 0.855 bits per heavy atom. The number of pyridine rings is 1. The van der Waals surface area contributed by atoms with Crippen LogP contribution >= 0.6 is 23.2 Å². The predicted molar refractivity (Wildman–Crippen MR) is 198 cm³/mol. The molecule has 4 aliphatic rings. The number of fused-ring (bicyclic) bond motifs is 3. The topological polar surface area (TPSA) is 118 Å². The molecule has 3 atom stereocenters. The van der Waals surface area contributed by atoms with Crippen LogP contribution in [-0.4, -0.2) is 61.7 Å². The van der Waals surface area contributed by atoms with E-state index in [4.69, 9.17) is 42.1 Å². The number of nitrogens with zero attached hydrogens (tertiary/aromatic N) is 1. The van der Waals surface area contributed by atoms with Crippen LogP contribution < -0.4 is 19.8 Å². The van der Waals surface area contributed by atoms with Gasteiger partial charge in [-0.2, -0.15) is 8.78 Å². The van der Waals surface area contributed by atoms with Gasteiger partial charge in [-0.25, -0.2) is 14.6 Å². The van der Waals surface area contributed by atoms with E-state index in [1.165, 1.54) is 54.9 Å². The summed E-state index contributed by atoms with van der Waals surface area (Å²) in [6.07, 6.45) is 5.65. The van der Waals surface area contributed by atoms with Crippen LogP contribution in [0.2, 0.25) is 10.0 Å². The molecule has 0 radical (unpaired) electrons. The molecule has 1 unspecified atom stereocenters. The fourth-order valence-corrected chi connectivity index (χ4v) is 7.52. The first-order valence-corrected chi connectivity index (χ1v) is 19.0. The summed E-state index contributed by atoms with van der Waals surface area (Å²) in [6, 6.07) is 18.0. The van der Waals surface area contributed by atoms with Gasteiger partial charge in [0, 0.05) is 24.1 Å². The summed E-state index contributed by atoms with van der Waals surface area (Å²) in [4.78, 5) is 46.4. The van der Waals surface area contributed by atoms with Gasteiger partial charge in [0.25, 0.3) is 5.91 Å². The van der Waals surface area contributed by atoms with E-state index in [0.29, 0.717) is 35.8 Å². The lowest BCUT2D eigenvalue weighted by Gasteiger charge is -2.44. The zero-order chi connectivity index (χ0) is 38.5. The van der Waals surface area contributed by atoms with Crippen molar-refractivity contribution < 1.29 is 47.1 Å². The highest BCUT2D eigenvalue weighted by molar-refractivity contribution is 6.35. The summed E-state index contributed by atoms with van der Waals surface area (Å²) in [7, 11) is 0. The van der Waals surface area contributed by atoms with Crippen molar-refractivity contribution in [2.24, 2.45) is 11.8 Å². The number of alkyl halides is 2. The van der Waals surface area contributed by atoms with E-state index in [1.54, 1.807) is 24.3 Å². The van der Waals surface area contributed by atoms with Crippen LogP contribution in [0.4, 0.5) is 8.78 Å². The standard InChI is InChI=1S/C41H39Cl2F2N3O7/c42-31-20-46-21-32(43)30(31)19-34(27-11-12-33(55-41(44)45)35(18-27)52-23-24-9-10-24)53-39(50)29-8-4-7-28(17-29)38(49)47-37(26-5-2-1-3-6-26)40(51)54-36-22-48-15-13-25(36)14-16-48/h1-8,11-12,17-18,20-21,24-25,34,36-37,41H,9-10,13-16,19,22-23H2,(H,47,49)/p+1/t34-,36-,37?/m0/s1. The molecule has 55 heavy (non-hydrogen) atoms. The minimum Gasteiger partial charge on any atom is -0.489 e. The van der Waals surface area contributed by atoms with Crippen molar-refractivity contribution >= 4 is 41.0 Å². The van der Waals surface area contributed by atoms with Gasteiger partial charge in [0.05, 0.1) is 12.2 Å². The van der Waals surface area contributed by atoms with E-state index in [9.17, 15) is 23.2 Å². The average Bonchev–Trinajstić information content (AvgIpc) is 4.03. The smallest absolute Gasteiger partial charge is 0.387 e. The number of halogens is 4. The first-order valence-electron chi connectivity index (χ1n) is 18.3. The number of nitrogens with one attached hydrogen (secondary N) is 2. The zero-order valence-corrected chi connectivity index (χ0v) is 31.2. The summed E-state index contributed by atoms with van der Waals surface area (Å²) >= 11 is 13.0. The number of hydrogen-bond acceptors (Lipinski definition) is 8. The van der Waals surface area contributed by atoms with Crippen LogP contribution in [0.5, 0.6) is 11.5 Å². The number of benzene rings is 3. The van der Waals surface area contributed by atoms with Gasteiger partial charge in [-0.05, 0) is 92.1 Å². The molecule has 0 spiro atoms. The second-order valence-corrected chi connectivity index (χ2v) is 14.9. The molecule has 10 nitrogen and oxygen atoms in total. The van der Waals surface area contributed by atoms with Gasteiger partial charge < -0.3 is 24.3 Å². The van der Waals surface area contributed by atoms with E-state index in [2.05, 4.69) is 15.2 Å². The second-order valence-electron chi connectivity index (χ2n) is 14.1. The monoisotopic (exact) mass is 794 g/mol. The molecule has 1 aromatic heterocycles. The Morgan fingerprint density at radius 2 is 1.58 bits per heavy atom. The lowest BCUT2D eigenvalue weighted by molar-refractivity contribution is -0.377. The van der Waals surface area contributed by atoms with Crippen molar-refractivity contribution in [3.05, 3.63) is 123 Å². The lowest BCUT2D eigenvalue weighted by atomic mass is 9.86. The molecule has 1 saturated carbocycles. The number of hydrogen-bond donors (Lipinski definition) is 1. The average molecular weight is 796 g/mol. The van der Waals surface area contributed by atoms with E-state index in [0.717, 1.165) is 38.8 Å². The Bertz CT molecular complexity index is 1990. The number of ether oxygens (including phenoxy) is 4. The highest BCUT2D eigenvalue weighted by Crippen LogP contribution is 2.38. The third kappa shape index (κ3) is 9.73. The number of H-pyrrole nitrogens is 1. The number of piperidine rings is 3. The molecule has 4 fully saturated rings. The van der Waals surface area contributed by atoms with Crippen molar-refractivity contribution in [2.45, 2.75) is 57.0 Å². The van der Waals surface area contributed by atoms with Crippen molar-refractivity contribution in [3.8, 4) is 11.5 Å². The third-order valence-electron chi connectivity index (χ3n) is 10.2. The molecule has 4 aromatic rings. The van der Waals surface area contributed by atoms with E-state index in [1.807, 2.05) is 6.07 Å². The Morgan fingerprint density at radius 3 is 2.25 bits per heavy atom. The molecule has 14 heteroatoms. The summed E-state index contributed by atoms with van der Waals surface area (Å²) in [5.41, 5.74) is 1.59. The van der Waals surface area contributed by atoms with E-state index >= 15 is 0 Å². The third-order valence-corrected chi connectivity index (χ3v) is 10.9. The van der Waals surface area contributed by atoms with Gasteiger partial charge in [-0.15, -0.1) is 0 Å². The predicted octanol–water partition coefficient (Wildman–Crippen LogP) is 7.45. The molecule has 3 saturated heterocycles. The Balaban J connectivity index is 1.12. The number of aromatic nitrogens is 1. The van der Waals surface area contributed by atoms with Crippen LogP contribution in [0.3, 0.4) is 0 Å². The van der Waals surface area contributed by atoms with Crippen molar-refractivity contribution in [1.82, 2.24) is 10.2 Å². The quantitative estimate of drug-likeness (QED) is 0.124. The first-order chi connectivity index (χ1) is 26.6. The molecule has 8 rings (SSSR count). The second kappa shape index (κ2) is 17.3. The SMILES string of the molecule is O=C(NC(C(=O)O[C@H]1CN2CCC1CC2)c1ccccc1)c1cccc(C(=O)O[C@@H](Cc2c(Cl)c[nH+]cc2Cl)c2ccc(OC(F)F)c(OCC3CC3)c2)c1. The number of esters is 2. The van der Waals surface area contributed by atoms with Crippen LogP contribution in [-0.2, 0) is 20.7 Å². The summed E-state index contributed by atoms with van der Waals surface area (Å²) in [5.74, 6) is -1.43. The molecule has 1 aliphatic carbocycles. The Hall–Kier alpha value is -4.78. The van der Waals surface area contributed by atoms with Gasteiger partial charge in [-0.3, -0.25) is 9.69 Å². The lowest BCUT2D eigenvalue weighted by Crippen LogP contribution is -2.52. The number of carbonyl (C=O) groups excluding carboxylic acids is 3. The van der Waals surface area contributed by atoms with Gasteiger partial charge in [0.15, 0.2) is 29.9 Å². The molecular formula is C41H40Cl2F2N3O7+. The number of aromatic amines is 1. The molecule has 2 N–H and O–H groups in total. The molecule has 3 aliphatic heterocycles. The molecule has 1 amide bonds. The van der Waals surface area contributed by atoms with Crippen molar-refractivity contribution in [2.75, 3.05) is 26.2 Å². The minimum absolute atomic E-state index is 0.00978. The Kier molecular flexibility index (Phi) is 12.1. The maximum Gasteiger partial charge on any atom is 0.387 e. The van der Waals surface area contributed by atoms with Crippen LogP contribution in [0.1, 0.15) is 75.2 Å². The highest BCUT2D eigenvalue weighted by Gasteiger charge is 2.38. The van der Waals surface area contributed by atoms with Gasteiger partial charge in [0.2, 0.25) is 0 Å². The van der Waals surface area contributed by atoms with Gasteiger partial charge in [0.1, 0.15) is 22.3 Å². The first kappa shape index (κ1) is 38.5. The number of amides is 1. The maximum atomic E-state index is 13.9. The number of rotatable bonds is 15. The Labute approximate surface area is 327 Å². The molecule has 4 heterocycles. The fourth-order valence-electron chi connectivity index (χ4n) is 6.99. The summed E-state index contributed by atoms with van der Waals surface area (Å²) in [5, 5.41) is 3.39. The van der Waals surface area contributed by atoms with Crippen LogP contribution in [0.25, 0.3) is 0 Å². The summed E-state index contributed by atoms with van der Waals surface area (Å²) in [6.45, 7) is -0.120. The van der Waals surface area contributed by atoms with E-state index < -0.39 is 36.6 Å². The molecule has 288 valence electrons. The van der Waals surface area contributed by atoms with Crippen LogP contribution in [0, 0.1) is 11.8 Å². The molecular weight excluding hydrogens is 755 g/mol. The molecule has 3 aromatic carbocycles. The minimum atomic E-state index is -3.08. The van der Waals surface area contributed by atoms with Crippen molar-refractivity contribution in [1.29, 1.82) is 0 Å². The number of carbonyl (C=O) groups is 3. The fraction of sp³-hybridized carbons (Fsp3) is 0.366. The molecule has 2 bridgehead atoms. The zero-order valence-electron chi connectivity index (χ0n) is 29.7. The van der Waals surface area contributed by atoms with Crippen LogP contribution in [0.15, 0.2) is 85.2 Å². The summed E-state index contributed by atoms with van der Waals surface area (Å²) < 4.78 is 49.2. The van der Waals surface area contributed by atoms with Gasteiger partial charge in [-0.1, -0.05) is 65.7 Å². The van der Waals surface area contributed by atoms with Gasteiger partial charge >= 0.3 is 18.6 Å². The highest BCUT2D eigenvalue weighted by atomic mass is 35.5. The largest absolute Gasteiger partial charge is 0.489 e. The van der Waals surface area contributed by atoms with Crippen molar-refractivity contribution in [3.63, 3.8) is 0 Å². The van der Waals surface area contributed by atoms with E-state index in [-0.39, 0.29) is 51.1 Å². The normalized spacial score (nSPS) is 20.0. The maximum absolute atomic E-state index is 13.9.